The molecule has 5 rings (SSSR count). The van der Waals surface area contributed by atoms with Crippen molar-refractivity contribution in [3.05, 3.63) is 12.2 Å². The van der Waals surface area contributed by atoms with Gasteiger partial charge in [-0.3, -0.25) is 9.59 Å². The van der Waals surface area contributed by atoms with Crippen LogP contribution in [-0.2, 0) is 57.0 Å². The van der Waals surface area contributed by atoms with E-state index in [-0.39, 0.29) is 12.3 Å². The lowest BCUT2D eigenvalue weighted by Gasteiger charge is -2.50. The second-order valence-corrected chi connectivity index (χ2v) is 27.8. The summed E-state index contributed by atoms with van der Waals surface area (Å²) in [5, 5.41) is 181. The van der Waals surface area contributed by atoms with Crippen LogP contribution in [0.25, 0.3) is 0 Å². The SMILES string of the molecule is CCCCCCCCCCCCC/C=C/[C@@H](O)[C@H](CO[C@@H]1OC(CO)[C@@H](O[C@@H]2OC(CO)[C@H](O)[C@H](O[C@@H]3OC(CO)[C@@H](O[C@@H]4OC(CO)[C@H](O[C@@H]5OC(CO)[C@H](O)[C@H](O)C5O)[C@H](O)C4O)[C@H](O)C3NC(C)=O)C2O)[C@H](O)C1O)NC(=O)CCCCCCCCCCCCCCCCCCC. The minimum atomic E-state index is -2.14. The molecule has 0 spiro atoms. The Hall–Kier alpha value is -2.36. The van der Waals surface area contributed by atoms with Crippen molar-refractivity contribution in [3.8, 4) is 0 Å². The molecule has 0 aromatic carbocycles. The fourth-order valence-electron chi connectivity index (χ4n) is 13.6. The largest absolute Gasteiger partial charge is 0.394 e. The fourth-order valence-corrected chi connectivity index (χ4v) is 13.6. The van der Waals surface area contributed by atoms with Gasteiger partial charge in [0.15, 0.2) is 31.5 Å². The second kappa shape index (κ2) is 48.8. The number of hydrogen-bond donors (Lipinski definition) is 18. The molecule has 27 atom stereocenters. The molecular formula is C70H128N2O28. The molecule has 18 N–H and O–H groups in total. The van der Waals surface area contributed by atoms with Crippen LogP contribution >= 0.6 is 0 Å². The summed E-state index contributed by atoms with van der Waals surface area (Å²) in [6.07, 6.45) is -8.22. The molecule has 0 saturated carbocycles. The Kier molecular flexibility index (Phi) is 43.0. The summed E-state index contributed by atoms with van der Waals surface area (Å²) >= 11 is 0. The van der Waals surface area contributed by atoms with Gasteiger partial charge in [-0.2, -0.15) is 0 Å². The van der Waals surface area contributed by atoms with Crippen molar-refractivity contribution in [2.24, 2.45) is 0 Å². The third-order valence-corrected chi connectivity index (χ3v) is 19.7. The first-order valence-corrected chi connectivity index (χ1v) is 37.5. The zero-order valence-electron chi connectivity index (χ0n) is 59.3. The zero-order valence-corrected chi connectivity index (χ0v) is 59.3. The average molecular weight is 1450 g/mol. The molecule has 0 aromatic heterocycles. The number of carbonyl (C=O) groups is 2. The number of hydrogen-bond acceptors (Lipinski definition) is 28. The van der Waals surface area contributed by atoms with Crippen LogP contribution in [0.2, 0.25) is 0 Å². The van der Waals surface area contributed by atoms with Crippen LogP contribution in [0.5, 0.6) is 0 Å². The molecule has 0 bridgehead atoms. The fraction of sp³-hybridized carbons (Fsp3) is 0.943. The molecule has 100 heavy (non-hydrogen) atoms. The number of unbranched alkanes of at least 4 members (excludes halogenated alkanes) is 27. The molecule has 5 aliphatic heterocycles. The third-order valence-electron chi connectivity index (χ3n) is 19.7. The van der Waals surface area contributed by atoms with Gasteiger partial charge in [0.05, 0.1) is 51.8 Å². The van der Waals surface area contributed by atoms with Gasteiger partial charge in [-0.1, -0.05) is 193 Å². The topological polar surface area (TPSA) is 474 Å². The highest BCUT2D eigenvalue weighted by Gasteiger charge is 2.57. The van der Waals surface area contributed by atoms with Gasteiger partial charge in [0.1, 0.15) is 122 Å². The summed E-state index contributed by atoms with van der Waals surface area (Å²) in [4.78, 5) is 26.2. The van der Waals surface area contributed by atoms with Gasteiger partial charge in [-0.05, 0) is 19.3 Å². The van der Waals surface area contributed by atoms with E-state index >= 15 is 0 Å². The van der Waals surface area contributed by atoms with E-state index in [0.29, 0.717) is 12.8 Å². The van der Waals surface area contributed by atoms with Gasteiger partial charge >= 0.3 is 0 Å². The van der Waals surface area contributed by atoms with Gasteiger partial charge in [-0.15, -0.1) is 0 Å². The summed E-state index contributed by atoms with van der Waals surface area (Å²) in [5.41, 5.74) is 0. The van der Waals surface area contributed by atoms with Gasteiger partial charge in [-0.25, -0.2) is 0 Å². The van der Waals surface area contributed by atoms with Crippen molar-refractivity contribution in [2.45, 2.75) is 379 Å². The van der Waals surface area contributed by atoms with E-state index in [1.807, 2.05) is 6.08 Å². The molecule has 2 amide bonds. The van der Waals surface area contributed by atoms with Gasteiger partial charge in [0.25, 0.3) is 0 Å². The molecule has 5 heterocycles. The maximum atomic E-state index is 13.5. The summed E-state index contributed by atoms with van der Waals surface area (Å²) in [5.74, 6) is -1.14. The van der Waals surface area contributed by atoms with Crippen LogP contribution in [0.4, 0.5) is 0 Å². The van der Waals surface area contributed by atoms with Crippen LogP contribution in [0.1, 0.15) is 213 Å². The lowest BCUT2D eigenvalue weighted by atomic mass is 9.94. The highest BCUT2D eigenvalue weighted by molar-refractivity contribution is 5.76. The van der Waals surface area contributed by atoms with E-state index in [1.165, 1.54) is 128 Å². The number of allylic oxidation sites excluding steroid dienone is 1. The molecular weight excluding hydrogens is 1320 g/mol. The molecule has 5 saturated heterocycles. The Bertz CT molecular complexity index is 2180. The van der Waals surface area contributed by atoms with Gasteiger partial charge in [0, 0.05) is 13.3 Å². The van der Waals surface area contributed by atoms with Crippen LogP contribution in [0.3, 0.4) is 0 Å². The van der Waals surface area contributed by atoms with Crippen LogP contribution in [0, 0.1) is 0 Å². The molecule has 0 aliphatic carbocycles. The first-order chi connectivity index (χ1) is 48.2. The van der Waals surface area contributed by atoms with E-state index in [1.54, 1.807) is 6.08 Å². The molecule has 30 heteroatoms. The van der Waals surface area contributed by atoms with Gasteiger partial charge in [0.2, 0.25) is 11.8 Å². The van der Waals surface area contributed by atoms with Crippen molar-refractivity contribution in [2.75, 3.05) is 39.6 Å². The molecule has 0 radical (unpaired) electrons. The summed E-state index contributed by atoms with van der Waals surface area (Å²) in [6, 6.07) is -2.80. The number of nitrogens with one attached hydrogen (secondary N) is 2. The maximum Gasteiger partial charge on any atom is 0.220 e. The molecule has 5 aliphatic rings. The number of carbonyl (C=O) groups excluding carboxylic acids is 2. The minimum Gasteiger partial charge on any atom is -0.394 e. The monoisotopic (exact) mass is 1440 g/mol. The zero-order chi connectivity index (χ0) is 73.1. The molecule has 30 nitrogen and oxygen atoms in total. The quantitative estimate of drug-likeness (QED) is 0.0289. The predicted molar refractivity (Wildman–Crippen MR) is 359 cm³/mol. The third kappa shape index (κ3) is 28.1. The first-order valence-electron chi connectivity index (χ1n) is 37.5. The Morgan fingerprint density at radius 3 is 1.18 bits per heavy atom. The van der Waals surface area contributed by atoms with Crippen molar-refractivity contribution < 1.29 is 139 Å². The van der Waals surface area contributed by atoms with Gasteiger partial charge < -0.3 is 140 Å². The standard InChI is InChI=1S/C70H128N2O28/c1-4-6-8-10-12-14-16-18-19-20-21-23-25-27-29-31-33-35-50(80)72-43(44(79)34-32-30-28-26-24-22-17-15-13-11-9-7-5-2)41-91-67-59(88)56(85)63(48(39-76)95-67)99-70-61(90)65(53(82)46(37-74)93-70)100-66-51(71-42(3)78)54(83)62(47(38-75)94-66)97-69-60(89)57(86)64(49(40-77)96-69)98-68-58(87)55(84)52(81)45(36-73)92-68/h32,34,43-49,51-70,73-77,79,81-90H,4-31,33,35-41H2,1-3H3,(H,71,78)(H,72,80)/b34-32+/t43-,44+,45?,46?,47?,48?,49?,51?,52-,53-,54+,55-,56+,57+,58?,59?,60?,61?,62+,63+,64-,65-,66-,67+,68-,69-,70-/m0/s1. The Labute approximate surface area is 589 Å². The van der Waals surface area contributed by atoms with E-state index < -0.39 is 211 Å². The van der Waals surface area contributed by atoms with E-state index in [4.69, 9.17) is 47.4 Å². The number of amides is 2. The smallest absolute Gasteiger partial charge is 0.220 e. The van der Waals surface area contributed by atoms with E-state index in [0.717, 1.165) is 51.9 Å². The van der Waals surface area contributed by atoms with Crippen LogP contribution in [-0.4, -0.2) is 299 Å². The van der Waals surface area contributed by atoms with E-state index in [2.05, 4.69) is 24.5 Å². The first kappa shape index (κ1) is 88.3. The molecule has 0 aromatic rings. The van der Waals surface area contributed by atoms with Crippen LogP contribution in [0.15, 0.2) is 12.2 Å². The molecule has 10 unspecified atom stereocenters. The van der Waals surface area contributed by atoms with Crippen molar-refractivity contribution >= 4 is 11.8 Å². The van der Waals surface area contributed by atoms with Crippen molar-refractivity contribution in [3.63, 3.8) is 0 Å². The lowest BCUT2D eigenvalue weighted by molar-refractivity contribution is -0.386. The number of ether oxygens (including phenoxy) is 10. The van der Waals surface area contributed by atoms with Crippen molar-refractivity contribution in [1.29, 1.82) is 0 Å². The normalized spacial score (nSPS) is 35.6. The van der Waals surface area contributed by atoms with Crippen LogP contribution < -0.4 is 10.6 Å². The Balaban J connectivity index is 1.18. The minimum absolute atomic E-state index is 0.195. The Morgan fingerprint density at radius 1 is 0.390 bits per heavy atom. The summed E-state index contributed by atoms with van der Waals surface area (Å²) in [6.45, 7) is 0.387. The Morgan fingerprint density at radius 2 is 0.740 bits per heavy atom. The second-order valence-electron chi connectivity index (χ2n) is 27.8. The van der Waals surface area contributed by atoms with Crippen molar-refractivity contribution in [1.82, 2.24) is 10.6 Å². The summed E-state index contributed by atoms with van der Waals surface area (Å²) in [7, 11) is 0. The maximum absolute atomic E-state index is 13.5. The lowest BCUT2D eigenvalue weighted by Crippen LogP contribution is -2.70. The molecule has 586 valence electrons. The highest BCUT2D eigenvalue weighted by Crippen LogP contribution is 2.36. The average Bonchev–Trinajstić information content (AvgIpc) is 0.777. The highest BCUT2D eigenvalue weighted by atomic mass is 16.8. The number of aliphatic hydroxyl groups excluding tert-OH is 16. The van der Waals surface area contributed by atoms with E-state index in [9.17, 15) is 91.3 Å². The number of aliphatic hydroxyl groups is 16. The predicted octanol–water partition coefficient (Wildman–Crippen LogP) is 0.388. The number of rotatable bonds is 50. The molecule has 5 fully saturated rings. The summed E-state index contributed by atoms with van der Waals surface area (Å²) < 4.78 is 58.3.